The molecule has 0 spiro atoms. The van der Waals surface area contributed by atoms with Crippen molar-refractivity contribution in [2.75, 3.05) is 19.7 Å². The smallest absolute Gasteiger partial charge is 0.273 e. The molecular weight excluding hydrogens is 1390 g/mol. The maximum absolute atomic E-state index is 13.0. The number of benzene rings is 4. The summed E-state index contributed by atoms with van der Waals surface area (Å²) >= 11 is 1.41. The van der Waals surface area contributed by atoms with E-state index in [1.807, 2.05) is 103 Å². The van der Waals surface area contributed by atoms with Crippen LogP contribution >= 0.6 is 11.3 Å². The average molecular weight is 1490 g/mol. The van der Waals surface area contributed by atoms with Crippen LogP contribution in [-0.4, -0.2) is 116 Å². The van der Waals surface area contributed by atoms with Crippen molar-refractivity contribution < 1.29 is 42.3 Å². The first kappa shape index (κ1) is 74.1. The number of allylic oxidation sites excluding steroid dienone is 6. The molecule has 0 saturated heterocycles. The molecule has 2 aliphatic heterocycles. The van der Waals surface area contributed by atoms with E-state index in [1.165, 1.54) is 53.2 Å². The van der Waals surface area contributed by atoms with E-state index in [-0.39, 0.29) is 41.5 Å². The molecule has 4 N–H and O–H groups in total. The lowest BCUT2D eigenvalue weighted by molar-refractivity contribution is -0.108. The van der Waals surface area contributed by atoms with Gasteiger partial charge in [-0.05, 0) is 260 Å². The summed E-state index contributed by atoms with van der Waals surface area (Å²) in [7, 11) is 0. The third-order valence-electron chi connectivity index (χ3n) is 26.5. The number of fused-ring (bicyclic) bond motifs is 10. The van der Waals surface area contributed by atoms with Gasteiger partial charge < -0.3 is 25.9 Å². The molecule has 10 fully saturated rings. The van der Waals surface area contributed by atoms with Gasteiger partial charge in [-0.15, -0.1) is 0 Å². The lowest BCUT2D eigenvalue weighted by atomic mass is 9.90. The molecule has 109 heavy (non-hydrogen) atoms. The van der Waals surface area contributed by atoms with E-state index in [0.29, 0.717) is 88.2 Å². The normalized spacial score (nSPS) is 31.2. The molecule has 4 aromatic heterocycles. The number of ether oxygens (including phenoxy) is 1. The maximum Gasteiger partial charge on any atom is 0.273 e. The summed E-state index contributed by atoms with van der Waals surface area (Å²) in [4.78, 5) is 96.1. The zero-order valence-corrected chi connectivity index (χ0v) is 63.2. The molecule has 12 aliphatic rings. The molecule has 16 nitrogen and oxygen atoms in total. The first-order valence-electron chi connectivity index (χ1n) is 40.0. The molecule has 4 aromatic carbocycles. The van der Waals surface area contributed by atoms with Gasteiger partial charge in [-0.2, -0.15) is 0 Å². The standard InChI is InChI=1S/C27H29F2N3O2S.C19H20N2O.C18H18N2O2.C17H17NO2.C9H15N/c28-26(29)15-34-27-31-23-14-32(10-7-25(23)35-27)9-6-17-20-11-16(12-21(17)20)13-24(33)19-3-1-5-22-18(19)4-2-8-30-22;1-2-5-13-16-10-12(11-17(13)16)21-19(22)15-6-3-8-18-14(15)7-4-9-20-18;21-8-6-12-15-9-11(10-16(12)15)20-18(22)14-3-1-5-17-13(14)4-2-7-19-17;1-2-5-11-14-8-10(9-15(11)14)18-16(19)12-6-3-4-7-13(12)17(18)20;1-2-3-7-8-4-6(10)5-9(7)8/h1-5,8,16-17,20-21,26H,6-7,9-15H2;2-9,12-13,16-17H,10-11H2,1H3,(H,21,22);1-5,7-8,11-12,15-16H,6,9-10H2,(H,20,22);2-7,10-11,14-15H,8-9H2,1H3;2-3,6-9H,4-5,10H2,1H3/t16?,17?,20-,21+;12?,13?,16-,17+;11?,12?,15-,16+;10?,11?,14-,15+;6?,7?,8-,9+. The van der Waals surface area contributed by atoms with Crippen LogP contribution in [0.3, 0.4) is 0 Å². The number of amides is 4. The maximum atomic E-state index is 13.0. The SMILES string of the molecule is CC=CC1[C@H]2CC(N)C[C@@H]12.CC=CC1[C@H]2CC(N3C(=O)c4ccccc4C3=O)C[C@@H]12.CC=CC1[C@H]2CC(NC(=O)c3cccc4ncccc34)C[C@@H]12.O=C(CC1C[C@@H]2C(CCN3CCc4sc(OCC(F)F)nc4C3)[C@@H]2C1)c1cccc2ncccc12.O=CCC1[C@H]2CC(NC(=O)c3cccc4ncccc34)C[C@@H]12. The summed E-state index contributed by atoms with van der Waals surface area (Å²) in [5.41, 5.74) is 12.8. The number of nitrogens with one attached hydrogen (secondary N) is 2. The number of alkyl halides is 2. The van der Waals surface area contributed by atoms with Gasteiger partial charge in [0, 0.05) is 106 Å². The van der Waals surface area contributed by atoms with Crippen LogP contribution < -0.4 is 21.1 Å². The minimum Gasteiger partial charge on any atom is -0.464 e. The zero-order chi connectivity index (χ0) is 75.1. The van der Waals surface area contributed by atoms with Crippen LogP contribution in [-0.2, 0) is 17.8 Å². The van der Waals surface area contributed by atoms with Gasteiger partial charge in [-0.3, -0.25) is 48.7 Å². The molecule has 0 radical (unpaired) electrons. The lowest BCUT2D eigenvalue weighted by Gasteiger charge is -2.26. The number of carbonyl (C=O) groups excluding carboxylic acids is 6. The highest BCUT2D eigenvalue weighted by atomic mass is 32.1. The van der Waals surface area contributed by atoms with Gasteiger partial charge in [0.2, 0.25) is 0 Å². The Morgan fingerprint density at radius 1 is 0.578 bits per heavy atom. The highest BCUT2D eigenvalue weighted by molar-refractivity contribution is 7.13. The van der Waals surface area contributed by atoms with Crippen LogP contribution in [0.25, 0.3) is 32.7 Å². The fourth-order valence-corrected chi connectivity index (χ4v) is 22.0. The Bertz CT molecular complexity index is 4720. The van der Waals surface area contributed by atoms with Crippen LogP contribution in [0, 0.1) is 94.7 Å². The number of pyridine rings is 3. The third-order valence-corrected chi connectivity index (χ3v) is 27.5. The Morgan fingerprint density at radius 3 is 1.54 bits per heavy atom. The monoisotopic (exact) mass is 1490 g/mol. The number of imide groups is 1. The number of carbonyl (C=O) groups is 6. The Labute approximate surface area is 640 Å². The van der Waals surface area contributed by atoms with E-state index in [0.717, 1.165) is 174 Å². The molecule has 8 aromatic rings. The summed E-state index contributed by atoms with van der Waals surface area (Å²) in [6.07, 6.45) is 31.8. The fraction of sp³-hybridized carbons (Fsp3) is 0.467. The second-order valence-electron chi connectivity index (χ2n) is 32.8. The molecule has 10 unspecified atom stereocenters. The number of thiazole rings is 1. The number of nitrogens with zero attached hydrogens (tertiary/aromatic N) is 6. The second-order valence-corrected chi connectivity index (χ2v) is 33.8. The lowest BCUT2D eigenvalue weighted by Crippen LogP contribution is -2.39. The minimum atomic E-state index is -2.47. The van der Waals surface area contributed by atoms with Crippen molar-refractivity contribution in [2.45, 2.75) is 148 Å². The number of aromatic nitrogens is 4. The summed E-state index contributed by atoms with van der Waals surface area (Å²) in [6, 6.07) is 37.1. The fourth-order valence-electron chi connectivity index (χ4n) is 21.1. The number of hydrogen-bond acceptors (Lipinski definition) is 14. The van der Waals surface area contributed by atoms with E-state index >= 15 is 0 Å². The number of aldehydes is 1. The van der Waals surface area contributed by atoms with Crippen molar-refractivity contribution >= 4 is 79.7 Å². The van der Waals surface area contributed by atoms with Crippen LogP contribution in [0.15, 0.2) is 170 Å². The Morgan fingerprint density at radius 2 is 1.05 bits per heavy atom. The number of ketones is 1. The van der Waals surface area contributed by atoms with Crippen molar-refractivity contribution in [1.82, 2.24) is 40.4 Å². The van der Waals surface area contributed by atoms with Crippen molar-refractivity contribution in [2.24, 2.45) is 100 Å². The van der Waals surface area contributed by atoms with Crippen molar-refractivity contribution in [3.63, 3.8) is 0 Å². The van der Waals surface area contributed by atoms with Crippen molar-refractivity contribution in [1.29, 1.82) is 0 Å². The van der Waals surface area contributed by atoms with E-state index in [9.17, 15) is 37.5 Å². The third kappa shape index (κ3) is 15.9. The molecule has 566 valence electrons. The van der Waals surface area contributed by atoms with Gasteiger partial charge in [0.15, 0.2) is 12.4 Å². The zero-order valence-electron chi connectivity index (χ0n) is 62.4. The van der Waals surface area contributed by atoms with Crippen LogP contribution in [0.4, 0.5) is 8.78 Å². The number of halogens is 2. The summed E-state index contributed by atoms with van der Waals surface area (Å²) in [6.45, 7) is 8.47. The Kier molecular flexibility index (Phi) is 21.8. The molecular formula is C90H99F2N9O7S. The average Bonchev–Trinajstić information content (AvgIpc) is 1.57. The summed E-state index contributed by atoms with van der Waals surface area (Å²) in [5.74, 6) is 12.0. The highest BCUT2D eigenvalue weighted by Crippen LogP contribution is 2.63. The summed E-state index contributed by atoms with van der Waals surface area (Å²) in [5, 5.41) is 9.52. The highest BCUT2D eigenvalue weighted by Gasteiger charge is 2.60. The van der Waals surface area contributed by atoms with Crippen LogP contribution in [0.1, 0.15) is 167 Å². The number of Topliss-reactive ketones (excluding diaryl/α,β-unsaturated/α-hetero) is 1. The molecule has 20 atom stereocenters. The summed E-state index contributed by atoms with van der Waals surface area (Å²) < 4.78 is 29.9. The predicted octanol–water partition coefficient (Wildman–Crippen LogP) is 16.2. The van der Waals surface area contributed by atoms with E-state index < -0.39 is 13.0 Å². The molecule has 20 rings (SSSR count). The topological polar surface area (TPSA) is 220 Å². The largest absolute Gasteiger partial charge is 0.464 e. The van der Waals surface area contributed by atoms with Gasteiger partial charge in [0.1, 0.15) is 6.29 Å². The minimum absolute atomic E-state index is 0.0168. The van der Waals surface area contributed by atoms with E-state index in [1.54, 1.807) is 30.7 Å². The van der Waals surface area contributed by atoms with Gasteiger partial charge >= 0.3 is 0 Å². The first-order chi connectivity index (χ1) is 53.1. The molecule has 19 heteroatoms. The number of nitrogens with two attached hydrogens (primary N) is 1. The first-order valence-corrected chi connectivity index (χ1v) is 40.8. The number of hydrogen-bond donors (Lipinski definition) is 3. The Hall–Kier alpha value is -9.04. The van der Waals surface area contributed by atoms with Gasteiger partial charge in [0.25, 0.3) is 35.2 Å². The van der Waals surface area contributed by atoms with Crippen LogP contribution in [0.2, 0.25) is 0 Å². The van der Waals surface area contributed by atoms with E-state index in [2.05, 4.69) is 92.7 Å². The van der Waals surface area contributed by atoms with Crippen LogP contribution in [0.5, 0.6) is 5.19 Å². The Balaban J connectivity index is 0.000000108. The molecule has 10 saturated carbocycles. The molecule has 10 aliphatic carbocycles. The van der Waals surface area contributed by atoms with E-state index in [4.69, 9.17) is 10.5 Å². The van der Waals surface area contributed by atoms with Gasteiger partial charge in [-0.25, -0.2) is 13.8 Å². The predicted molar refractivity (Wildman–Crippen MR) is 420 cm³/mol. The van der Waals surface area contributed by atoms with Crippen molar-refractivity contribution in [3.8, 4) is 5.19 Å². The molecule has 6 heterocycles. The van der Waals surface area contributed by atoms with Gasteiger partial charge in [0.05, 0.1) is 33.4 Å². The second kappa shape index (κ2) is 32.1. The van der Waals surface area contributed by atoms with Crippen molar-refractivity contribution in [3.05, 3.63) is 209 Å². The molecule has 4 amide bonds. The molecule has 0 bridgehead atoms. The van der Waals surface area contributed by atoms with Gasteiger partial charge in [-0.1, -0.05) is 102 Å². The number of rotatable bonds is 19. The quantitative estimate of drug-likeness (QED) is 0.0297.